The molecule has 0 unspecified atom stereocenters. The van der Waals surface area contributed by atoms with E-state index < -0.39 is 0 Å². The maximum absolute atomic E-state index is 13.8. The summed E-state index contributed by atoms with van der Waals surface area (Å²) < 4.78 is 8.80. The lowest BCUT2D eigenvalue weighted by atomic mass is 9.88. The molecule has 1 fully saturated rings. The van der Waals surface area contributed by atoms with Crippen LogP contribution in [-0.4, -0.2) is 30.0 Å². The second-order valence-electron chi connectivity index (χ2n) is 10.9. The summed E-state index contributed by atoms with van der Waals surface area (Å²) in [5, 5.41) is 7.68. The molecule has 4 aromatic carbocycles. The maximum atomic E-state index is 13.8. The van der Waals surface area contributed by atoms with E-state index in [1.165, 1.54) is 21.9 Å². The Kier molecular flexibility index (Phi) is 7.88. The lowest BCUT2D eigenvalue weighted by Gasteiger charge is -2.23. The maximum Gasteiger partial charge on any atom is 0.282 e. The van der Waals surface area contributed by atoms with Crippen molar-refractivity contribution in [1.29, 1.82) is 0 Å². The molecule has 1 aliphatic rings. The van der Waals surface area contributed by atoms with Gasteiger partial charge in [-0.3, -0.25) is 4.79 Å². The number of halogens is 1. The van der Waals surface area contributed by atoms with Gasteiger partial charge in [-0.15, -0.1) is 0 Å². The molecule has 208 valence electrons. The van der Waals surface area contributed by atoms with Gasteiger partial charge in [0.2, 0.25) is 0 Å². The summed E-state index contributed by atoms with van der Waals surface area (Å²) in [6.45, 7) is 0.415. The molecule has 0 amide bonds. The average Bonchev–Trinajstić information content (AvgIpc) is 3.00. The van der Waals surface area contributed by atoms with Crippen molar-refractivity contribution in [1.82, 2.24) is 9.66 Å². The molecule has 5 aromatic rings. The van der Waals surface area contributed by atoms with E-state index in [2.05, 4.69) is 46.3 Å². The lowest BCUT2D eigenvalue weighted by Crippen LogP contribution is -2.25. The van der Waals surface area contributed by atoms with Gasteiger partial charge in [-0.2, -0.15) is 9.78 Å². The molecule has 0 bridgehead atoms. The summed E-state index contributed by atoms with van der Waals surface area (Å²) in [5.41, 5.74) is 3.48. The number of nitrogens with zero attached hydrogens (tertiary/aromatic N) is 4. The Bertz CT molecular complexity index is 1800. The third-order valence-corrected chi connectivity index (χ3v) is 8.39. The van der Waals surface area contributed by atoms with Gasteiger partial charge in [0.1, 0.15) is 18.2 Å². The van der Waals surface area contributed by atoms with Crippen LogP contribution in [0.25, 0.3) is 21.7 Å². The molecule has 6 rings (SSSR count). The minimum Gasteiger partial charge on any atom is -0.488 e. The molecule has 0 radical (unpaired) electrons. The van der Waals surface area contributed by atoms with Gasteiger partial charge in [-0.25, -0.2) is 4.98 Å². The molecule has 1 saturated carbocycles. The predicted molar refractivity (Wildman–Crippen MR) is 172 cm³/mol. The lowest BCUT2D eigenvalue weighted by molar-refractivity contribution is 0.307. The first-order valence-corrected chi connectivity index (χ1v) is 14.9. The smallest absolute Gasteiger partial charge is 0.282 e. The highest BCUT2D eigenvalue weighted by atomic mass is 79.9. The van der Waals surface area contributed by atoms with Gasteiger partial charge in [0, 0.05) is 41.8 Å². The number of hydrogen-bond donors (Lipinski definition) is 0. The van der Waals surface area contributed by atoms with Crippen LogP contribution >= 0.6 is 15.9 Å². The van der Waals surface area contributed by atoms with E-state index in [4.69, 9.17) is 14.8 Å². The van der Waals surface area contributed by atoms with Crippen LogP contribution in [0.15, 0.2) is 93.2 Å². The van der Waals surface area contributed by atoms with Crippen LogP contribution in [0.4, 0.5) is 5.69 Å². The number of hydrogen-bond acceptors (Lipinski definition) is 5. The van der Waals surface area contributed by atoms with Gasteiger partial charge in [-0.1, -0.05) is 77.7 Å². The first-order chi connectivity index (χ1) is 20.0. The van der Waals surface area contributed by atoms with Crippen molar-refractivity contribution in [2.75, 3.05) is 19.0 Å². The first-order valence-electron chi connectivity index (χ1n) is 14.2. The van der Waals surface area contributed by atoms with E-state index in [1.807, 2.05) is 67.5 Å². The van der Waals surface area contributed by atoms with Gasteiger partial charge in [-0.05, 0) is 59.5 Å². The Morgan fingerprint density at radius 2 is 1.78 bits per heavy atom. The summed E-state index contributed by atoms with van der Waals surface area (Å²) >= 11 is 3.51. The van der Waals surface area contributed by atoms with Crippen LogP contribution in [0.1, 0.15) is 55.0 Å². The van der Waals surface area contributed by atoms with E-state index in [1.54, 1.807) is 6.21 Å². The highest BCUT2D eigenvalue weighted by Crippen LogP contribution is 2.32. The fourth-order valence-corrected chi connectivity index (χ4v) is 5.99. The number of fused-ring (bicyclic) bond motifs is 2. The van der Waals surface area contributed by atoms with Crippen molar-refractivity contribution in [2.24, 2.45) is 5.10 Å². The summed E-state index contributed by atoms with van der Waals surface area (Å²) in [6, 6.07) is 26.3. The van der Waals surface area contributed by atoms with Crippen molar-refractivity contribution < 1.29 is 4.74 Å². The van der Waals surface area contributed by atoms with Crippen LogP contribution < -0.4 is 15.2 Å². The van der Waals surface area contributed by atoms with Crippen LogP contribution in [0.5, 0.6) is 5.75 Å². The zero-order valence-electron chi connectivity index (χ0n) is 23.4. The van der Waals surface area contributed by atoms with E-state index in [-0.39, 0.29) is 11.5 Å². The molecule has 41 heavy (non-hydrogen) atoms. The zero-order valence-corrected chi connectivity index (χ0v) is 25.0. The summed E-state index contributed by atoms with van der Waals surface area (Å²) in [6.07, 6.45) is 7.26. The van der Waals surface area contributed by atoms with Crippen molar-refractivity contribution in [3.05, 3.63) is 111 Å². The molecule has 1 aromatic heterocycles. The Balaban J connectivity index is 1.40. The Morgan fingerprint density at radius 3 is 2.61 bits per heavy atom. The average molecular weight is 610 g/mol. The molecule has 7 heteroatoms. The number of benzene rings is 4. The van der Waals surface area contributed by atoms with Gasteiger partial charge in [0.25, 0.3) is 5.56 Å². The van der Waals surface area contributed by atoms with Crippen molar-refractivity contribution in [3.8, 4) is 5.75 Å². The predicted octanol–water partition coefficient (Wildman–Crippen LogP) is 7.89. The zero-order chi connectivity index (χ0) is 28.3. The number of rotatable bonds is 7. The van der Waals surface area contributed by atoms with E-state index in [9.17, 15) is 4.79 Å². The van der Waals surface area contributed by atoms with Crippen molar-refractivity contribution in [3.63, 3.8) is 0 Å². The summed E-state index contributed by atoms with van der Waals surface area (Å²) in [5.74, 6) is 1.65. The van der Waals surface area contributed by atoms with E-state index in [0.717, 1.165) is 52.8 Å². The third-order valence-electron chi connectivity index (χ3n) is 7.89. The van der Waals surface area contributed by atoms with Crippen molar-refractivity contribution in [2.45, 2.75) is 44.6 Å². The quantitative estimate of drug-likeness (QED) is 0.176. The van der Waals surface area contributed by atoms with Crippen LogP contribution in [0.2, 0.25) is 0 Å². The van der Waals surface area contributed by atoms with Gasteiger partial charge in [0.15, 0.2) is 0 Å². The SMILES string of the molecule is CN(C)c1ccc(C=Nn2c(C3CCCCC3)nc3ccc(Br)cc3c2=O)c(OCc2cccc3ccccc23)c1. The molecule has 0 N–H and O–H groups in total. The number of anilines is 1. The topological polar surface area (TPSA) is 59.7 Å². The van der Waals surface area contributed by atoms with Gasteiger partial charge >= 0.3 is 0 Å². The molecule has 0 atom stereocenters. The Hall–Kier alpha value is -3.97. The number of aromatic nitrogens is 2. The molecular formula is C34H33BrN4O2. The summed E-state index contributed by atoms with van der Waals surface area (Å²) in [7, 11) is 4.01. The molecule has 6 nitrogen and oxygen atoms in total. The van der Waals surface area contributed by atoms with Gasteiger partial charge in [0.05, 0.1) is 17.1 Å². The van der Waals surface area contributed by atoms with Crippen LogP contribution in [0.3, 0.4) is 0 Å². The molecule has 0 aliphatic heterocycles. The standard InChI is InChI=1S/C34H33BrN4O2/c1-38(2)28-17-15-25(32(20-28)41-22-26-13-8-12-23-9-6-7-14-29(23)26)21-36-39-33(24-10-4-3-5-11-24)37-31-18-16-27(35)19-30(31)34(39)40/h6-9,12-21,24H,3-5,10-11,22H2,1-2H3. The Morgan fingerprint density at radius 1 is 0.976 bits per heavy atom. The minimum absolute atomic E-state index is 0.156. The second-order valence-corrected chi connectivity index (χ2v) is 11.8. The minimum atomic E-state index is -0.156. The molecule has 1 aliphatic carbocycles. The third kappa shape index (κ3) is 5.77. The summed E-state index contributed by atoms with van der Waals surface area (Å²) in [4.78, 5) is 20.8. The van der Waals surface area contributed by atoms with Gasteiger partial charge < -0.3 is 9.64 Å². The molecule has 0 spiro atoms. The molecule has 0 saturated heterocycles. The number of ether oxygens (including phenoxy) is 1. The fraction of sp³-hybridized carbons (Fsp3) is 0.265. The van der Waals surface area contributed by atoms with E-state index in [0.29, 0.717) is 23.3 Å². The molecular weight excluding hydrogens is 576 g/mol. The van der Waals surface area contributed by atoms with Crippen LogP contribution in [0, 0.1) is 0 Å². The van der Waals surface area contributed by atoms with E-state index >= 15 is 0 Å². The Labute approximate surface area is 248 Å². The normalized spacial score (nSPS) is 14.2. The first kappa shape index (κ1) is 27.2. The van der Waals surface area contributed by atoms with Crippen LogP contribution in [-0.2, 0) is 6.61 Å². The monoisotopic (exact) mass is 608 g/mol. The molecule has 1 heterocycles. The largest absolute Gasteiger partial charge is 0.488 e. The van der Waals surface area contributed by atoms with Crippen molar-refractivity contribution >= 4 is 49.5 Å². The highest BCUT2D eigenvalue weighted by Gasteiger charge is 2.22. The fourth-order valence-electron chi connectivity index (χ4n) is 5.63. The second kappa shape index (κ2) is 11.9. The highest BCUT2D eigenvalue weighted by molar-refractivity contribution is 9.10.